The second-order valence-corrected chi connectivity index (χ2v) is 9.60. The Labute approximate surface area is 206 Å². The topological polar surface area (TPSA) is 131 Å². The lowest BCUT2D eigenvalue weighted by Gasteiger charge is -2.40. The third-order valence-electron chi connectivity index (χ3n) is 5.77. The summed E-state index contributed by atoms with van der Waals surface area (Å²) in [6.45, 7) is 0.692. The lowest BCUT2D eigenvalue weighted by molar-refractivity contribution is -0.232. The molecule has 0 unspecified atom stereocenters. The third-order valence-corrected chi connectivity index (χ3v) is 7.13. The zero-order valence-electron chi connectivity index (χ0n) is 18.6. The second-order valence-electron chi connectivity index (χ2n) is 8.07. The van der Waals surface area contributed by atoms with Crippen molar-refractivity contribution in [2.45, 2.75) is 43.4 Å². The van der Waals surface area contributed by atoms with Gasteiger partial charge in [-0.15, -0.1) is 11.3 Å². The lowest BCUT2D eigenvalue weighted by atomic mass is 9.90. The average Bonchev–Trinajstić information content (AvgIpc) is 3.52. The van der Waals surface area contributed by atoms with Gasteiger partial charge in [0.1, 0.15) is 48.6 Å². The minimum Gasteiger partial charge on any atom is -0.492 e. The fourth-order valence-electron chi connectivity index (χ4n) is 3.95. The van der Waals surface area contributed by atoms with Crippen molar-refractivity contribution in [3.8, 4) is 5.75 Å². The molecule has 0 bridgehead atoms. The van der Waals surface area contributed by atoms with E-state index in [9.17, 15) is 20.4 Å². The van der Waals surface area contributed by atoms with Crippen LogP contribution < -0.4 is 4.74 Å². The first-order chi connectivity index (χ1) is 16.4. The molecule has 186 valence electrons. The molecule has 4 N–H and O–H groups in total. The smallest absolute Gasteiger partial charge is 0.134 e. The molecule has 0 saturated carbocycles. The first-order valence-corrected chi connectivity index (χ1v) is 12.1. The molecule has 1 fully saturated rings. The highest BCUT2D eigenvalue weighted by molar-refractivity contribution is 7.12. The minimum absolute atomic E-state index is 0.224. The van der Waals surface area contributed by atoms with E-state index in [1.54, 1.807) is 25.4 Å². The maximum atomic E-state index is 10.7. The molecule has 34 heavy (non-hydrogen) atoms. The summed E-state index contributed by atoms with van der Waals surface area (Å²) in [6.07, 6.45) is -1.43. The Kier molecular flexibility index (Phi) is 8.43. The number of aliphatic hydroxyl groups is 4. The van der Waals surface area contributed by atoms with Crippen LogP contribution in [-0.4, -0.2) is 83.4 Å². The quantitative estimate of drug-likeness (QED) is 0.370. The summed E-state index contributed by atoms with van der Waals surface area (Å²) >= 11 is 8.08. The van der Waals surface area contributed by atoms with Gasteiger partial charge in [0.05, 0.1) is 29.7 Å². The predicted octanol–water partition coefficient (Wildman–Crippen LogP) is 1.69. The van der Waals surface area contributed by atoms with Crippen molar-refractivity contribution < 1.29 is 39.4 Å². The second kappa shape index (κ2) is 11.3. The van der Waals surface area contributed by atoms with Crippen LogP contribution >= 0.6 is 22.9 Å². The summed E-state index contributed by atoms with van der Waals surface area (Å²) in [5.74, 6) is 1.18. The Bertz CT molecular complexity index is 1010. The van der Waals surface area contributed by atoms with Gasteiger partial charge in [-0.2, -0.15) is 0 Å². The van der Waals surface area contributed by atoms with Crippen molar-refractivity contribution in [2.75, 3.05) is 33.5 Å². The van der Waals surface area contributed by atoms with Gasteiger partial charge in [-0.05, 0) is 23.8 Å². The Morgan fingerprint density at radius 3 is 2.71 bits per heavy atom. The molecule has 5 atom stereocenters. The molecular weight excluding hydrogens is 486 g/mol. The zero-order valence-corrected chi connectivity index (χ0v) is 20.2. The number of rotatable bonds is 9. The third kappa shape index (κ3) is 5.39. The van der Waals surface area contributed by atoms with Gasteiger partial charge >= 0.3 is 0 Å². The monoisotopic (exact) mass is 513 g/mol. The highest BCUT2D eigenvalue weighted by atomic mass is 35.5. The van der Waals surface area contributed by atoms with Gasteiger partial charge < -0.3 is 39.4 Å². The Morgan fingerprint density at radius 2 is 2.00 bits per heavy atom. The van der Waals surface area contributed by atoms with E-state index in [-0.39, 0.29) is 6.61 Å². The number of methoxy groups -OCH3 is 1. The van der Waals surface area contributed by atoms with Gasteiger partial charge in [0.25, 0.3) is 0 Å². The number of hydrogen-bond acceptors (Lipinski definition) is 10. The van der Waals surface area contributed by atoms with Gasteiger partial charge in [-0.3, -0.25) is 0 Å². The normalized spacial score (nSPS) is 26.9. The van der Waals surface area contributed by atoms with Crippen molar-refractivity contribution in [3.05, 3.63) is 50.4 Å². The number of nitrogens with zero attached hydrogens (tertiary/aromatic N) is 1. The van der Waals surface area contributed by atoms with Crippen LogP contribution in [0.1, 0.15) is 33.5 Å². The summed E-state index contributed by atoms with van der Waals surface area (Å²) < 4.78 is 22.3. The molecule has 2 aliphatic rings. The molecular formula is C23H28ClNO8S. The van der Waals surface area contributed by atoms with Crippen LogP contribution in [0.25, 0.3) is 5.76 Å². The minimum atomic E-state index is -1.51. The van der Waals surface area contributed by atoms with Crippen molar-refractivity contribution in [2.24, 2.45) is 0 Å². The fourth-order valence-corrected chi connectivity index (χ4v) is 5.11. The van der Waals surface area contributed by atoms with E-state index in [0.29, 0.717) is 36.0 Å². The fraction of sp³-hybridized carbons (Fsp3) is 0.522. The first kappa shape index (κ1) is 25.3. The van der Waals surface area contributed by atoms with Gasteiger partial charge in [-0.1, -0.05) is 11.6 Å². The molecule has 9 nitrogen and oxygen atoms in total. The van der Waals surface area contributed by atoms with E-state index in [1.165, 1.54) is 11.3 Å². The van der Waals surface area contributed by atoms with Crippen LogP contribution in [0.15, 0.2) is 24.4 Å². The SMILES string of the molecule is COCCOc1cc(Cl)c(Cc2ncc(C3=CCCO3)s2)cc1[C@@H]1O[C@H](CO)[C@@H](O)[C@H](O)[C@H]1O. The van der Waals surface area contributed by atoms with Crippen LogP contribution in [0.5, 0.6) is 5.75 Å². The number of halogens is 1. The Balaban J connectivity index is 1.65. The van der Waals surface area contributed by atoms with Crippen LogP contribution in [0, 0.1) is 0 Å². The van der Waals surface area contributed by atoms with Crippen LogP contribution in [0.2, 0.25) is 5.02 Å². The average molecular weight is 514 g/mol. The Hall–Kier alpha value is -1.76. The lowest BCUT2D eigenvalue weighted by Crippen LogP contribution is -2.55. The van der Waals surface area contributed by atoms with Crippen molar-refractivity contribution >= 4 is 28.7 Å². The molecule has 1 saturated heterocycles. The number of hydrogen-bond donors (Lipinski definition) is 4. The number of benzene rings is 1. The van der Waals surface area contributed by atoms with Gasteiger partial charge in [0, 0.05) is 36.7 Å². The first-order valence-electron chi connectivity index (χ1n) is 11.0. The van der Waals surface area contributed by atoms with Crippen LogP contribution in [-0.2, 0) is 20.6 Å². The Morgan fingerprint density at radius 1 is 1.18 bits per heavy atom. The summed E-state index contributed by atoms with van der Waals surface area (Å²) in [5.41, 5.74) is 1.15. The molecule has 0 radical (unpaired) electrons. The summed E-state index contributed by atoms with van der Waals surface area (Å²) in [6, 6.07) is 3.37. The highest BCUT2D eigenvalue weighted by Gasteiger charge is 2.45. The largest absolute Gasteiger partial charge is 0.492 e. The molecule has 11 heteroatoms. The van der Waals surface area contributed by atoms with Crippen LogP contribution in [0.3, 0.4) is 0 Å². The molecule has 1 aromatic heterocycles. The van der Waals surface area contributed by atoms with Gasteiger partial charge in [0.2, 0.25) is 0 Å². The van der Waals surface area contributed by atoms with Crippen molar-refractivity contribution in [3.63, 3.8) is 0 Å². The van der Waals surface area contributed by atoms with E-state index >= 15 is 0 Å². The molecule has 2 aromatic rings. The number of thiazole rings is 1. The van der Waals surface area contributed by atoms with E-state index in [1.807, 2.05) is 6.08 Å². The van der Waals surface area contributed by atoms with Crippen LogP contribution in [0.4, 0.5) is 0 Å². The molecule has 0 amide bonds. The number of aliphatic hydroxyl groups excluding tert-OH is 4. The summed E-state index contributed by atoms with van der Waals surface area (Å²) in [5, 5.41) is 42.0. The molecule has 3 heterocycles. The van der Waals surface area contributed by atoms with Crippen molar-refractivity contribution in [1.29, 1.82) is 0 Å². The zero-order chi connectivity index (χ0) is 24.2. The predicted molar refractivity (Wildman–Crippen MR) is 125 cm³/mol. The molecule has 0 aliphatic carbocycles. The maximum Gasteiger partial charge on any atom is 0.134 e. The standard InChI is InChI=1S/C23H28ClNO8S/c1-30-5-6-32-16-9-14(24)12(8-19-25-10-18(34-19)15-3-2-4-31-15)7-13(16)23-22(29)21(28)20(27)17(11-26)33-23/h3,7,9-10,17,20-23,26-29H,2,4-6,8,11H2,1H3/t17-,20-,21+,22-,23+/m1/s1. The van der Waals surface area contributed by atoms with E-state index < -0.39 is 37.1 Å². The maximum absolute atomic E-state index is 10.7. The van der Waals surface area contributed by atoms with Gasteiger partial charge in [-0.25, -0.2) is 4.98 Å². The molecule has 2 aliphatic heterocycles. The number of ether oxygens (including phenoxy) is 4. The van der Waals surface area contributed by atoms with E-state index in [2.05, 4.69) is 4.98 Å². The molecule has 1 aromatic carbocycles. The summed E-state index contributed by atoms with van der Waals surface area (Å²) in [7, 11) is 1.55. The van der Waals surface area contributed by atoms with Gasteiger partial charge in [0.15, 0.2) is 0 Å². The molecule has 4 rings (SSSR count). The van der Waals surface area contributed by atoms with E-state index in [4.69, 9.17) is 30.5 Å². The van der Waals surface area contributed by atoms with E-state index in [0.717, 1.165) is 27.6 Å². The highest BCUT2D eigenvalue weighted by Crippen LogP contribution is 2.40. The number of aromatic nitrogens is 1. The molecule has 0 spiro atoms. The van der Waals surface area contributed by atoms with Crippen molar-refractivity contribution in [1.82, 2.24) is 4.98 Å². The summed E-state index contributed by atoms with van der Waals surface area (Å²) in [4.78, 5) is 5.43.